The first-order chi connectivity index (χ1) is 6.26. The number of hydrogen-bond donors (Lipinski definition) is 2. The van der Waals surface area contributed by atoms with Gasteiger partial charge in [0.15, 0.2) is 0 Å². The maximum Gasteiger partial charge on any atom is 0.134 e. The molecule has 0 saturated heterocycles. The van der Waals surface area contributed by atoms with Crippen LogP contribution in [0.1, 0.15) is 12.7 Å². The molecule has 0 spiro atoms. The number of nitrogens with zero attached hydrogens (tertiary/aromatic N) is 2. The summed E-state index contributed by atoms with van der Waals surface area (Å²) < 4.78 is 0. The van der Waals surface area contributed by atoms with Crippen molar-refractivity contribution < 1.29 is 5.11 Å². The van der Waals surface area contributed by atoms with Crippen LogP contribution in [0, 0.1) is 0 Å². The molecule has 0 atom stereocenters. The van der Waals surface area contributed by atoms with Gasteiger partial charge in [-0.1, -0.05) is 18.5 Å². The molecule has 4 nitrogen and oxygen atoms in total. The SMILES string of the molecule is CCc1nc(Cl)cc(NCCO)n1. The number of anilines is 1. The number of aliphatic hydroxyl groups is 1. The Hall–Kier alpha value is -0.870. The summed E-state index contributed by atoms with van der Waals surface area (Å²) in [5.41, 5.74) is 0. The Morgan fingerprint density at radius 3 is 2.92 bits per heavy atom. The van der Waals surface area contributed by atoms with Crippen LogP contribution in [0.2, 0.25) is 5.15 Å². The molecule has 0 unspecified atom stereocenters. The number of rotatable bonds is 4. The van der Waals surface area contributed by atoms with Crippen molar-refractivity contribution in [3.05, 3.63) is 17.0 Å². The van der Waals surface area contributed by atoms with Crippen LogP contribution in [0.5, 0.6) is 0 Å². The lowest BCUT2D eigenvalue weighted by atomic mass is 10.4. The lowest BCUT2D eigenvalue weighted by molar-refractivity contribution is 0.311. The van der Waals surface area contributed by atoms with Gasteiger partial charge in [-0.25, -0.2) is 9.97 Å². The minimum atomic E-state index is 0.0725. The molecule has 0 fully saturated rings. The molecule has 5 heteroatoms. The molecule has 0 aliphatic carbocycles. The van der Waals surface area contributed by atoms with Crippen molar-refractivity contribution in [3.8, 4) is 0 Å². The normalized spacial score (nSPS) is 10.1. The minimum absolute atomic E-state index is 0.0725. The molecule has 72 valence electrons. The van der Waals surface area contributed by atoms with Gasteiger partial charge in [0.2, 0.25) is 0 Å². The van der Waals surface area contributed by atoms with Gasteiger partial charge < -0.3 is 10.4 Å². The van der Waals surface area contributed by atoms with Gasteiger partial charge >= 0.3 is 0 Å². The van der Waals surface area contributed by atoms with E-state index in [1.165, 1.54) is 0 Å². The fourth-order valence-electron chi connectivity index (χ4n) is 0.897. The van der Waals surface area contributed by atoms with E-state index in [1.54, 1.807) is 6.07 Å². The molecule has 0 aliphatic heterocycles. The number of aromatic nitrogens is 2. The number of aryl methyl sites for hydroxylation is 1. The zero-order valence-corrected chi connectivity index (χ0v) is 8.17. The molecule has 2 N–H and O–H groups in total. The first-order valence-electron chi connectivity index (χ1n) is 4.14. The van der Waals surface area contributed by atoms with E-state index < -0.39 is 0 Å². The number of aliphatic hydroxyl groups excluding tert-OH is 1. The van der Waals surface area contributed by atoms with E-state index in [0.29, 0.717) is 23.3 Å². The van der Waals surface area contributed by atoms with Crippen molar-refractivity contribution in [1.82, 2.24) is 9.97 Å². The van der Waals surface area contributed by atoms with E-state index in [2.05, 4.69) is 15.3 Å². The molecule has 0 saturated carbocycles. The van der Waals surface area contributed by atoms with E-state index in [-0.39, 0.29) is 6.61 Å². The molecule has 1 aromatic heterocycles. The third-order valence-corrected chi connectivity index (χ3v) is 1.67. The lowest BCUT2D eigenvalue weighted by Gasteiger charge is -2.04. The highest BCUT2D eigenvalue weighted by atomic mass is 35.5. The molecule has 1 rings (SSSR count). The molecular weight excluding hydrogens is 190 g/mol. The summed E-state index contributed by atoms with van der Waals surface area (Å²) in [5, 5.41) is 11.9. The minimum Gasteiger partial charge on any atom is -0.395 e. The predicted molar refractivity (Wildman–Crippen MR) is 52.0 cm³/mol. The van der Waals surface area contributed by atoms with Crippen LogP contribution in [-0.4, -0.2) is 28.2 Å². The summed E-state index contributed by atoms with van der Waals surface area (Å²) in [5.74, 6) is 1.36. The summed E-state index contributed by atoms with van der Waals surface area (Å²) in [7, 11) is 0. The van der Waals surface area contributed by atoms with Gasteiger partial charge in [0.05, 0.1) is 6.61 Å². The van der Waals surface area contributed by atoms with Crippen molar-refractivity contribution in [1.29, 1.82) is 0 Å². The van der Waals surface area contributed by atoms with Crippen molar-refractivity contribution in [2.45, 2.75) is 13.3 Å². The maximum atomic E-state index is 8.58. The Kier molecular flexibility index (Phi) is 3.92. The molecule has 0 bridgehead atoms. The van der Waals surface area contributed by atoms with E-state index >= 15 is 0 Å². The number of nitrogens with one attached hydrogen (secondary N) is 1. The second kappa shape index (κ2) is 4.99. The second-order valence-corrected chi connectivity index (χ2v) is 2.88. The highest BCUT2D eigenvalue weighted by molar-refractivity contribution is 6.29. The summed E-state index contributed by atoms with van der Waals surface area (Å²) in [4.78, 5) is 8.18. The van der Waals surface area contributed by atoms with Gasteiger partial charge in [-0.3, -0.25) is 0 Å². The first kappa shape index (κ1) is 10.2. The van der Waals surface area contributed by atoms with Crippen molar-refractivity contribution in [3.63, 3.8) is 0 Å². The Bertz CT molecular complexity index is 280. The van der Waals surface area contributed by atoms with Gasteiger partial charge in [-0.05, 0) is 0 Å². The maximum absolute atomic E-state index is 8.58. The summed E-state index contributed by atoms with van der Waals surface area (Å²) in [6.07, 6.45) is 0.744. The lowest BCUT2D eigenvalue weighted by Crippen LogP contribution is -2.08. The number of halogens is 1. The van der Waals surface area contributed by atoms with Gasteiger partial charge in [-0.2, -0.15) is 0 Å². The van der Waals surface area contributed by atoms with E-state index in [1.807, 2.05) is 6.92 Å². The molecule has 1 heterocycles. The molecule has 0 amide bonds. The standard InChI is InChI=1S/C8H12ClN3O/c1-2-7-11-6(9)5-8(12-7)10-3-4-13/h5,13H,2-4H2,1H3,(H,10,11,12). The zero-order valence-electron chi connectivity index (χ0n) is 7.42. The Morgan fingerprint density at radius 2 is 2.31 bits per heavy atom. The highest BCUT2D eigenvalue weighted by Gasteiger charge is 2.00. The van der Waals surface area contributed by atoms with Crippen LogP contribution in [0.25, 0.3) is 0 Å². The monoisotopic (exact) mass is 201 g/mol. The van der Waals surface area contributed by atoms with Gasteiger partial charge in [0.25, 0.3) is 0 Å². The van der Waals surface area contributed by atoms with Crippen LogP contribution in [0.3, 0.4) is 0 Å². The molecule has 0 aliphatic rings. The van der Waals surface area contributed by atoms with E-state index in [0.717, 1.165) is 6.42 Å². The van der Waals surface area contributed by atoms with Crippen LogP contribution in [0.15, 0.2) is 6.07 Å². The van der Waals surface area contributed by atoms with Crippen LogP contribution >= 0.6 is 11.6 Å². The Morgan fingerprint density at radius 1 is 1.54 bits per heavy atom. The third kappa shape index (κ3) is 3.16. The van der Waals surface area contributed by atoms with Crippen molar-refractivity contribution >= 4 is 17.4 Å². The van der Waals surface area contributed by atoms with Gasteiger partial charge in [0, 0.05) is 19.0 Å². The molecule has 0 radical (unpaired) electrons. The molecule has 1 aromatic rings. The fraction of sp³-hybridized carbons (Fsp3) is 0.500. The third-order valence-electron chi connectivity index (χ3n) is 1.48. The highest BCUT2D eigenvalue weighted by Crippen LogP contribution is 2.11. The van der Waals surface area contributed by atoms with Crippen LogP contribution in [0.4, 0.5) is 5.82 Å². The van der Waals surface area contributed by atoms with Gasteiger partial charge in [-0.15, -0.1) is 0 Å². The molecule has 13 heavy (non-hydrogen) atoms. The number of hydrogen-bond acceptors (Lipinski definition) is 4. The Labute approximate surface area is 82.0 Å². The predicted octanol–water partition coefficient (Wildman–Crippen LogP) is 1.10. The van der Waals surface area contributed by atoms with Crippen molar-refractivity contribution in [2.24, 2.45) is 0 Å². The average Bonchev–Trinajstić information content (AvgIpc) is 2.14. The zero-order chi connectivity index (χ0) is 9.68. The summed E-state index contributed by atoms with van der Waals surface area (Å²) in [6.45, 7) is 2.50. The van der Waals surface area contributed by atoms with Gasteiger partial charge in [0.1, 0.15) is 16.8 Å². The quantitative estimate of drug-likeness (QED) is 0.717. The van der Waals surface area contributed by atoms with E-state index in [4.69, 9.17) is 16.7 Å². The van der Waals surface area contributed by atoms with E-state index in [9.17, 15) is 0 Å². The average molecular weight is 202 g/mol. The summed E-state index contributed by atoms with van der Waals surface area (Å²) >= 11 is 5.75. The van der Waals surface area contributed by atoms with Crippen LogP contribution < -0.4 is 5.32 Å². The largest absolute Gasteiger partial charge is 0.395 e. The molecule has 0 aromatic carbocycles. The van der Waals surface area contributed by atoms with Crippen molar-refractivity contribution in [2.75, 3.05) is 18.5 Å². The second-order valence-electron chi connectivity index (χ2n) is 2.50. The topological polar surface area (TPSA) is 58.0 Å². The smallest absolute Gasteiger partial charge is 0.134 e. The van der Waals surface area contributed by atoms with Crippen LogP contribution in [-0.2, 0) is 6.42 Å². The summed E-state index contributed by atoms with van der Waals surface area (Å²) in [6, 6.07) is 1.64. The molecular formula is C8H12ClN3O. The fourth-order valence-corrected chi connectivity index (χ4v) is 1.10. The Balaban J connectivity index is 2.76. The first-order valence-corrected chi connectivity index (χ1v) is 4.52.